The van der Waals surface area contributed by atoms with Crippen molar-refractivity contribution in [2.24, 2.45) is 7.05 Å². The number of rotatable bonds is 2. The highest BCUT2D eigenvalue weighted by atomic mass is 16.3. The molecule has 3 rings (SSSR count). The highest BCUT2D eigenvalue weighted by molar-refractivity contribution is 5.97. The molecule has 1 amide bonds. The summed E-state index contributed by atoms with van der Waals surface area (Å²) in [6, 6.07) is 1.79. The van der Waals surface area contributed by atoms with E-state index >= 15 is 0 Å². The number of aromatic nitrogens is 3. The third-order valence-electron chi connectivity index (χ3n) is 3.96. The van der Waals surface area contributed by atoms with E-state index in [1.54, 1.807) is 15.8 Å². The van der Waals surface area contributed by atoms with Gasteiger partial charge in [-0.25, -0.2) is 4.98 Å². The molecule has 106 valence electrons. The molecule has 1 saturated heterocycles. The minimum absolute atomic E-state index is 0.0212. The summed E-state index contributed by atoms with van der Waals surface area (Å²) in [6.45, 7) is 2.63. The van der Waals surface area contributed by atoms with Crippen molar-refractivity contribution in [1.82, 2.24) is 19.7 Å². The Morgan fingerprint density at radius 2 is 2.35 bits per heavy atom. The fraction of sp³-hybridized carbons (Fsp3) is 0.500. The lowest BCUT2D eigenvalue weighted by Crippen LogP contribution is -2.37. The first-order chi connectivity index (χ1) is 9.61. The smallest absolute Gasteiger partial charge is 0.255 e. The van der Waals surface area contributed by atoms with E-state index in [-0.39, 0.29) is 18.6 Å². The first kappa shape index (κ1) is 13.1. The third kappa shape index (κ3) is 1.96. The minimum atomic E-state index is -0.0619. The van der Waals surface area contributed by atoms with Gasteiger partial charge in [-0.1, -0.05) is 0 Å². The lowest BCUT2D eigenvalue weighted by atomic mass is 10.1. The fourth-order valence-electron chi connectivity index (χ4n) is 2.88. The van der Waals surface area contributed by atoms with Crippen molar-refractivity contribution in [3.63, 3.8) is 0 Å². The summed E-state index contributed by atoms with van der Waals surface area (Å²) < 4.78 is 1.71. The molecule has 1 fully saturated rings. The molecular weight excluding hydrogens is 256 g/mol. The van der Waals surface area contributed by atoms with Gasteiger partial charge < -0.3 is 10.0 Å². The zero-order valence-electron chi connectivity index (χ0n) is 11.7. The highest BCUT2D eigenvalue weighted by Crippen LogP contribution is 2.22. The average molecular weight is 274 g/mol. The van der Waals surface area contributed by atoms with Gasteiger partial charge in [-0.05, 0) is 25.8 Å². The number of carbonyl (C=O) groups excluding carboxylic acids is 1. The zero-order chi connectivity index (χ0) is 14.3. The molecular formula is C14H18N4O2. The topological polar surface area (TPSA) is 71.2 Å². The number of nitrogens with zero attached hydrogens (tertiary/aromatic N) is 4. The molecule has 0 unspecified atom stereocenters. The number of aliphatic hydroxyl groups is 1. The molecule has 1 N–H and O–H groups in total. The monoisotopic (exact) mass is 274 g/mol. The van der Waals surface area contributed by atoms with Crippen molar-refractivity contribution in [1.29, 1.82) is 0 Å². The Bertz CT molecular complexity index is 664. The molecule has 0 spiro atoms. The summed E-state index contributed by atoms with van der Waals surface area (Å²) in [5, 5.41) is 14.5. The van der Waals surface area contributed by atoms with E-state index in [0.29, 0.717) is 12.1 Å². The summed E-state index contributed by atoms with van der Waals surface area (Å²) in [6.07, 6.45) is 3.40. The predicted molar refractivity (Wildman–Crippen MR) is 74.4 cm³/mol. The predicted octanol–water partition coefficient (Wildman–Crippen LogP) is 0.874. The van der Waals surface area contributed by atoms with Crippen LogP contribution in [0.2, 0.25) is 0 Å². The molecule has 1 atom stereocenters. The first-order valence-corrected chi connectivity index (χ1v) is 6.83. The molecule has 0 saturated carbocycles. The van der Waals surface area contributed by atoms with Gasteiger partial charge in [0.15, 0.2) is 5.65 Å². The number of pyridine rings is 1. The molecule has 1 aliphatic rings. The number of hydrogen-bond acceptors (Lipinski definition) is 4. The second-order valence-corrected chi connectivity index (χ2v) is 5.28. The van der Waals surface area contributed by atoms with E-state index in [2.05, 4.69) is 10.1 Å². The zero-order valence-corrected chi connectivity index (χ0v) is 11.7. The van der Waals surface area contributed by atoms with Gasteiger partial charge in [0.2, 0.25) is 0 Å². The second kappa shape index (κ2) is 4.86. The number of aryl methyl sites for hydroxylation is 2. The highest BCUT2D eigenvalue weighted by Gasteiger charge is 2.29. The largest absolute Gasteiger partial charge is 0.394 e. The summed E-state index contributed by atoms with van der Waals surface area (Å²) in [7, 11) is 1.84. The molecule has 0 radical (unpaired) electrons. The Labute approximate surface area is 117 Å². The van der Waals surface area contributed by atoms with Crippen molar-refractivity contribution in [3.05, 3.63) is 23.5 Å². The molecule has 0 bridgehead atoms. The number of amides is 1. The van der Waals surface area contributed by atoms with Crippen LogP contribution >= 0.6 is 0 Å². The van der Waals surface area contributed by atoms with E-state index in [9.17, 15) is 9.90 Å². The van der Waals surface area contributed by atoms with E-state index in [1.165, 1.54) is 0 Å². The molecule has 0 aromatic carbocycles. The Morgan fingerprint density at radius 3 is 3.10 bits per heavy atom. The minimum Gasteiger partial charge on any atom is -0.394 e. The standard InChI is InChI=1S/C14H18N4O2/c1-9-12-6-10(7-15-13(12)17(2)16-9)14(20)18-5-3-4-11(18)8-19/h6-7,11,19H,3-5,8H2,1-2H3/t11-/m1/s1. The maximum atomic E-state index is 12.5. The first-order valence-electron chi connectivity index (χ1n) is 6.83. The van der Waals surface area contributed by atoms with E-state index in [0.717, 1.165) is 29.6 Å². The van der Waals surface area contributed by atoms with Crippen molar-refractivity contribution in [2.45, 2.75) is 25.8 Å². The Kier molecular flexibility index (Phi) is 3.17. The number of hydrogen-bond donors (Lipinski definition) is 1. The Balaban J connectivity index is 1.97. The fourth-order valence-corrected chi connectivity index (χ4v) is 2.88. The Morgan fingerprint density at radius 1 is 1.55 bits per heavy atom. The molecule has 3 heterocycles. The van der Waals surface area contributed by atoms with Crippen LogP contribution in [0.25, 0.3) is 11.0 Å². The quantitative estimate of drug-likeness (QED) is 0.882. The van der Waals surface area contributed by atoms with Crippen LogP contribution in [0.4, 0.5) is 0 Å². The maximum absolute atomic E-state index is 12.5. The number of likely N-dealkylation sites (tertiary alicyclic amines) is 1. The van der Waals surface area contributed by atoms with Crippen LogP contribution in [0.3, 0.4) is 0 Å². The molecule has 0 aliphatic carbocycles. The normalized spacial score (nSPS) is 18.9. The number of carbonyl (C=O) groups is 1. The number of fused-ring (bicyclic) bond motifs is 1. The van der Waals surface area contributed by atoms with Crippen molar-refractivity contribution < 1.29 is 9.90 Å². The summed E-state index contributed by atoms with van der Waals surface area (Å²) in [4.78, 5) is 18.6. The van der Waals surface area contributed by atoms with Crippen LogP contribution in [0.5, 0.6) is 0 Å². The van der Waals surface area contributed by atoms with Gasteiger partial charge in [0.25, 0.3) is 5.91 Å². The van der Waals surface area contributed by atoms with Crippen LogP contribution < -0.4 is 0 Å². The van der Waals surface area contributed by atoms with Gasteiger partial charge in [-0.15, -0.1) is 0 Å². The van der Waals surface area contributed by atoms with Crippen molar-refractivity contribution in [3.8, 4) is 0 Å². The van der Waals surface area contributed by atoms with Gasteiger partial charge in [-0.3, -0.25) is 9.48 Å². The van der Waals surface area contributed by atoms with Gasteiger partial charge in [-0.2, -0.15) is 5.10 Å². The number of aliphatic hydroxyl groups excluding tert-OH is 1. The molecule has 2 aromatic rings. The summed E-state index contributed by atoms with van der Waals surface area (Å²) in [5.41, 5.74) is 2.21. The summed E-state index contributed by atoms with van der Waals surface area (Å²) >= 11 is 0. The van der Waals surface area contributed by atoms with Crippen LogP contribution in [-0.2, 0) is 7.05 Å². The lowest BCUT2D eigenvalue weighted by Gasteiger charge is -2.22. The van der Waals surface area contributed by atoms with Gasteiger partial charge in [0.05, 0.1) is 23.9 Å². The van der Waals surface area contributed by atoms with Crippen molar-refractivity contribution in [2.75, 3.05) is 13.2 Å². The lowest BCUT2D eigenvalue weighted by molar-refractivity contribution is 0.0677. The molecule has 20 heavy (non-hydrogen) atoms. The maximum Gasteiger partial charge on any atom is 0.255 e. The van der Waals surface area contributed by atoms with E-state index < -0.39 is 0 Å². The van der Waals surface area contributed by atoms with Crippen LogP contribution in [0.15, 0.2) is 12.3 Å². The molecule has 6 nitrogen and oxygen atoms in total. The van der Waals surface area contributed by atoms with Crippen LogP contribution in [0.1, 0.15) is 28.9 Å². The van der Waals surface area contributed by atoms with Gasteiger partial charge >= 0.3 is 0 Å². The molecule has 6 heteroatoms. The third-order valence-corrected chi connectivity index (χ3v) is 3.96. The molecule has 1 aliphatic heterocycles. The van der Waals surface area contributed by atoms with E-state index in [1.807, 2.05) is 20.0 Å². The van der Waals surface area contributed by atoms with Gasteiger partial charge in [0, 0.05) is 25.2 Å². The van der Waals surface area contributed by atoms with E-state index in [4.69, 9.17) is 0 Å². The van der Waals surface area contributed by atoms with Crippen LogP contribution in [0, 0.1) is 6.92 Å². The average Bonchev–Trinajstić information content (AvgIpc) is 3.03. The SMILES string of the molecule is Cc1nn(C)c2ncc(C(=O)N3CCC[C@@H]3CO)cc12. The summed E-state index contributed by atoms with van der Waals surface area (Å²) in [5.74, 6) is -0.0563. The second-order valence-electron chi connectivity index (χ2n) is 5.28. The molecule has 2 aromatic heterocycles. The van der Waals surface area contributed by atoms with Gasteiger partial charge in [0.1, 0.15) is 0 Å². The Hall–Kier alpha value is -1.95. The van der Waals surface area contributed by atoms with Crippen molar-refractivity contribution >= 4 is 16.9 Å². The van der Waals surface area contributed by atoms with Crippen LogP contribution in [-0.4, -0.2) is 49.9 Å².